The molecule has 2 rings (SSSR count). The third-order valence-corrected chi connectivity index (χ3v) is 5.54. The first-order chi connectivity index (χ1) is 13.4. The Morgan fingerprint density at radius 2 is 2.03 bits per heavy atom. The number of nitrogens with one attached hydrogen (secondary N) is 2. The van der Waals surface area contributed by atoms with E-state index in [1.54, 1.807) is 0 Å². The Labute approximate surface area is 187 Å². The lowest BCUT2D eigenvalue weighted by molar-refractivity contribution is -0.385. The van der Waals surface area contributed by atoms with Crippen LogP contribution in [0.15, 0.2) is 34.2 Å². The van der Waals surface area contributed by atoms with Crippen molar-refractivity contribution >= 4 is 45.6 Å². The van der Waals surface area contributed by atoms with Crippen LogP contribution in [0.1, 0.15) is 6.42 Å². The first-order valence-corrected chi connectivity index (χ1v) is 10.4. The molecular weight excluding hydrogens is 515 g/mol. The molecule has 164 valence electrons. The topological polar surface area (TPSA) is 152 Å². The van der Waals surface area contributed by atoms with E-state index >= 15 is 0 Å². The van der Waals surface area contributed by atoms with Gasteiger partial charge in [-0.2, -0.15) is 0 Å². The van der Waals surface area contributed by atoms with Gasteiger partial charge in [0.1, 0.15) is 0 Å². The van der Waals surface area contributed by atoms with Crippen molar-refractivity contribution in [2.75, 3.05) is 52.5 Å². The van der Waals surface area contributed by atoms with Crippen LogP contribution in [0.4, 0.5) is 5.69 Å². The number of non-ortho nitro benzene ring substituents is 1. The van der Waals surface area contributed by atoms with Crippen LogP contribution in [0.25, 0.3) is 0 Å². The number of guanidine groups is 1. The molecular formula is C16H27IN6O5S. The number of morpholine rings is 1. The van der Waals surface area contributed by atoms with Crippen LogP contribution in [-0.2, 0) is 14.8 Å². The maximum absolute atomic E-state index is 12.2. The van der Waals surface area contributed by atoms with Crippen LogP contribution >= 0.6 is 24.0 Å². The van der Waals surface area contributed by atoms with E-state index in [4.69, 9.17) is 10.5 Å². The van der Waals surface area contributed by atoms with E-state index in [9.17, 15) is 18.5 Å². The summed E-state index contributed by atoms with van der Waals surface area (Å²) in [7, 11) is -3.84. The second kappa shape index (κ2) is 12.9. The maximum atomic E-state index is 12.2. The molecule has 0 amide bonds. The molecule has 0 aliphatic carbocycles. The van der Waals surface area contributed by atoms with Crippen LogP contribution in [-0.4, -0.2) is 76.7 Å². The predicted molar refractivity (Wildman–Crippen MR) is 120 cm³/mol. The number of nitrogens with two attached hydrogens (primary N) is 1. The maximum Gasteiger partial charge on any atom is 0.270 e. The molecule has 1 fully saturated rings. The van der Waals surface area contributed by atoms with Gasteiger partial charge in [-0.05, 0) is 12.5 Å². The van der Waals surface area contributed by atoms with E-state index in [0.29, 0.717) is 6.54 Å². The summed E-state index contributed by atoms with van der Waals surface area (Å²) in [5, 5.41) is 13.6. The summed E-state index contributed by atoms with van der Waals surface area (Å²) in [6.45, 7) is 5.21. The Kier molecular flexibility index (Phi) is 11.3. The summed E-state index contributed by atoms with van der Waals surface area (Å²) in [5.41, 5.74) is 5.48. The van der Waals surface area contributed by atoms with Crippen molar-refractivity contribution < 1.29 is 18.1 Å². The van der Waals surface area contributed by atoms with Gasteiger partial charge in [-0.25, -0.2) is 13.1 Å². The fourth-order valence-electron chi connectivity index (χ4n) is 2.60. The van der Waals surface area contributed by atoms with Gasteiger partial charge in [-0.3, -0.25) is 20.0 Å². The smallest absolute Gasteiger partial charge is 0.270 e. The van der Waals surface area contributed by atoms with Gasteiger partial charge in [0.15, 0.2) is 5.96 Å². The number of nitro benzene ring substituents is 1. The number of nitrogens with zero attached hydrogens (tertiary/aromatic N) is 3. The zero-order valence-corrected chi connectivity index (χ0v) is 19.1. The van der Waals surface area contributed by atoms with E-state index in [-0.39, 0.29) is 53.6 Å². The SMILES string of the molecule is I.NC(=NCCCN1CCOCC1)NCCNS(=O)(=O)c1cccc([N+](=O)[O-])c1. The first kappa shape index (κ1) is 25.5. The molecule has 0 aromatic heterocycles. The molecule has 0 bridgehead atoms. The van der Waals surface area contributed by atoms with E-state index in [1.807, 2.05) is 0 Å². The van der Waals surface area contributed by atoms with Crippen molar-refractivity contribution in [1.82, 2.24) is 14.9 Å². The lowest BCUT2D eigenvalue weighted by Gasteiger charge is -2.26. The minimum Gasteiger partial charge on any atom is -0.379 e. The molecule has 0 saturated carbocycles. The molecule has 1 aliphatic rings. The summed E-state index contributed by atoms with van der Waals surface area (Å²) in [6.07, 6.45) is 0.877. The van der Waals surface area contributed by atoms with Crippen molar-refractivity contribution in [1.29, 1.82) is 0 Å². The van der Waals surface area contributed by atoms with Gasteiger partial charge in [0.05, 0.1) is 23.0 Å². The Bertz CT molecular complexity index is 786. The third-order valence-electron chi connectivity index (χ3n) is 4.08. The molecule has 13 heteroatoms. The number of hydrogen-bond acceptors (Lipinski definition) is 7. The van der Waals surface area contributed by atoms with Crippen LogP contribution in [0.2, 0.25) is 0 Å². The number of halogens is 1. The van der Waals surface area contributed by atoms with Gasteiger partial charge >= 0.3 is 0 Å². The van der Waals surface area contributed by atoms with Crippen molar-refractivity contribution in [3.63, 3.8) is 0 Å². The average Bonchev–Trinajstić information content (AvgIpc) is 2.69. The number of aliphatic imine (C=N–C) groups is 1. The summed E-state index contributed by atoms with van der Waals surface area (Å²) < 4.78 is 32.0. The number of hydrogen-bond donors (Lipinski definition) is 3. The minimum atomic E-state index is -3.84. The Morgan fingerprint density at radius 1 is 1.31 bits per heavy atom. The summed E-state index contributed by atoms with van der Waals surface area (Å²) >= 11 is 0. The van der Waals surface area contributed by atoms with Gasteiger partial charge in [-0.15, -0.1) is 24.0 Å². The van der Waals surface area contributed by atoms with Crippen molar-refractivity contribution in [2.45, 2.75) is 11.3 Å². The molecule has 1 aromatic carbocycles. The molecule has 29 heavy (non-hydrogen) atoms. The van der Waals surface area contributed by atoms with Gasteiger partial charge < -0.3 is 15.8 Å². The number of nitro groups is 1. The lowest BCUT2D eigenvalue weighted by atomic mass is 10.3. The highest BCUT2D eigenvalue weighted by atomic mass is 127. The second-order valence-electron chi connectivity index (χ2n) is 6.15. The highest BCUT2D eigenvalue weighted by Gasteiger charge is 2.17. The zero-order chi connectivity index (χ0) is 20.4. The van der Waals surface area contributed by atoms with Crippen LogP contribution in [0, 0.1) is 10.1 Å². The highest BCUT2D eigenvalue weighted by molar-refractivity contribution is 14.0. The molecule has 0 unspecified atom stereocenters. The number of rotatable bonds is 10. The number of sulfonamides is 1. The Morgan fingerprint density at radius 3 is 2.72 bits per heavy atom. The largest absolute Gasteiger partial charge is 0.379 e. The van der Waals surface area contributed by atoms with Gasteiger partial charge in [0.2, 0.25) is 10.0 Å². The highest BCUT2D eigenvalue weighted by Crippen LogP contribution is 2.16. The molecule has 0 radical (unpaired) electrons. The normalized spacial score (nSPS) is 15.5. The Hall–Kier alpha value is -1.55. The first-order valence-electron chi connectivity index (χ1n) is 8.96. The van der Waals surface area contributed by atoms with Crippen molar-refractivity contribution in [3.8, 4) is 0 Å². The van der Waals surface area contributed by atoms with E-state index in [2.05, 4.69) is 19.9 Å². The van der Waals surface area contributed by atoms with Gasteiger partial charge in [0, 0.05) is 51.4 Å². The Balaban J connectivity index is 0.00000420. The summed E-state index contributed by atoms with van der Waals surface area (Å²) in [6, 6.07) is 4.87. The quantitative estimate of drug-likeness (QED) is 0.0942. The molecule has 1 aromatic rings. The van der Waals surface area contributed by atoms with Gasteiger partial charge in [0.25, 0.3) is 5.69 Å². The number of benzene rings is 1. The van der Waals surface area contributed by atoms with Crippen molar-refractivity contribution in [2.24, 2.45) is 10.7 Å². The second-order valence-corrected chi connectivity index (χ2v) is 7.92. The molecule has 0 atom stereocenters. The van der Waals surface area contributed by atoms with Crippen LogP contribution in [0.3, 0.4) is 0 Å². The molecule has 4 N–H and O–H groups in total. The fraction of sp³-hybridized carbons (Fsp3) is 0.562. The third kappa shape index (κ3) is 9.20. The molecule has 1 heterocycles. The monoisotopic (exact) mass is 542 g/mol. The molecule has 1 aliphatic heterocycles. The number of ether oxygens (including phenoxy) is 1. The van der Waals surface area contributed by atoms with E-state index in [1.165, 1.54) is 18.2 Å². The molecule has 11 nitrogen and oxygen atoms in total. The molecule has 1 saturated heterocycles. The van der Waals surface area contributed by atoms with Crippen molar-refractivity contribution in [3.05, 3.63) is 34.4 Å². The van der Waals surface area contributed by atoms with Gasteiger partial charge in [-0.1, -0.05) is 6.07 Å². The van der Waals surface area contributed by atoms with Crippen LogP contribution in [0.5, 0.6) is 0 Å². The van der Waals surface area contributed by atoms with E-state index in [0.717, 1.165) is 45.3 Å². The minimum absolute atomic E-state index is 0. The molecule has 0 spiro atoms. The van der Waals surface area contributed by atoms with E-state index < -0.39 is 14.9 Å². The predicted octanol–water partition coefficient (Wildman–Crippen LogP) is 0.118. The summed E-state index contributed by atoms with van der Waals surface area (Å²) in [5.74, 6) is 0.247. The van der Waals surface area contributed by atoms with Crippen LogP contribution < -0.4 is 15.8 Å². The fourth-order valence-corrected chi connectivity index (χ4v) is 3.67. The average molecular weight is 542 g/mol. The lowest BCUT2D eigenvalue weighted by Crippen LogP contribution is -2.39. The zero-order valence-electron chi connectivity index (χ0n) is 16.0. The standard InChI is InChI=1S/C16H26N6O5S.HI/c17-16(18-5-2-8-21-9-11-27-12-10-21)19-6-7-20-28(25,26)15-4-1-3-14(13-15)22(23)24;/h1,3-4,13,20H,2,5-12H2,(H3,17,18,19);1H. The summed E-state index contributed by atoms with van der Waals surface area (Å²) in [4.78, 5) is 16.5.